The van der Waals surface area contributed by atoms with Crippen LogP contribution in [0, 0.1) is 12.7 Å². The summed E-state index contributed by atoms with van der Waals surface area (Å²) in [6, 6.07) is 4.96. The van der Waals surface area contributed by atoms with Gasteiger partial charge in [-0.15, -0.1) is 0 Å². The van der Waals surface area contributed by atoms with E-state index in [-0.39, 0.29) is 24.0 Å². The van der Waals surface area contributed by atoms with E-state index >= 15 is 0 Å². The van der Waals surface area contributed by atoms with Crippen LogP contribution in [0.25, 0.3) is 0 Å². The highest BCUT2D eigenvalue weighted by Gasteiger charge is 2.15. The van der Waals surface area contributed by atoms with Gasteiger partial charge in [0.15, 0.2) is 0 Å². The first-order chi connectivity index (χ1) is 11.5. The van der Waals surface area contributed by atoms with E-state index in [2.05, 4.69) is 16.0 Å². The van der Waals surface area contributed by atoms with Crippen LogP contribution in [0.3, 0.4) is 0 Å². The number of rotatable bonds is 7. The molecule has 0 bridgehead atoms. The molecule has 0 aromatic heterocycles. The van der Waals surface area contributed by atoms with Gasteiger partial charge in [-0.3, -0.25) is 9.59 Å². The predicted molar refractivity (Wildman–Crippen MR) is 92.3 cm³/mol. The number of aryl methyl sites for hydroxylation is 1. The molecule has 0 radical (unpaired) electrons. The topological polar surface area (TPSA) is 70.2 Å². The summed E-state index contributed by atoms with van der Waals surface area (Å²) in [5.41, 5.74) is 0.968. The molecular formula is C18H26FN3O2. The molecule has 2 rings (SSSR count). The molecule has 0 heterocycles. The summed E-state index contributed by atoms with van der Waals surface area (Å²) in [6.07, 6.45) is 6.07. The van der Waals surface area contributed by atoms with Gasteiger partial charge in [-0.05, 0) is 37.5 Å². The molecule has 1 fully saturated rings. The van der Waals surface area contributed by atoms with Gasteiger partial charge < -0.3 is 16.0 Å². The summed E-state index contributed by atoms with van der Waals surface area (Å²) in [5, 5.41) is 8.45. The van der Waals surface area contributed by atoms with E-state index in [1.807, 2.05) is 0 Å². The molecule has 0 aliphatic heterocycles. The van der Waals surface area contributed by atoms with Gasteiger partial charge in [-0.2, -0.15) is 0 Å². The smallest absolute Gasteiger partial charge is 0.238 e. The summed E-state index contributed by atoms with van der Waals surface area (Å²) < 4.78 is 13.6. The number of hydrogen-bond donors (Lipinski definition) is 3. The number of amides is 2. The zero-order chi connectivity index (χ0) is 17.4. The van der Waals surface area contributed by atoms with Crippen LogP contribution in [0.2, 0.25) is 0 Å². The second kappa shape index (κ2) is 9.37. The van der Waals surface area contributed by atoms with Gasteiger partial charge in [0.05, 0.1) is 12.2 Å². The van der Waals surface area contributed by atoms with E-state index in [0.717, 1.165) is 18.4 Å². The summed E-state index contributed by atoms with van der Waals surface area (Å²) >= 11 is 0. The van der Waals surface area contributed by atoms with Gasteiger partial charge in [-0.1, -0.05) is 25.3 Å². The van der Waals surface area contributed by atoms with Gasteiger partial charge in [0, 0.05) is 19.0 Å². The molecule has 2 amide bonds. The third-order valence-electron chi connectivity index (χ3n) is 4.18. The van der Waals surface area contributed by atoms with Crippen LogP contribution in [-0.2, 0) is 9.59 Å². The van der Waals surface area contributed by atoms with Crippen LogP contribution < -0.4 is 16.0 Å². The first-order valence-electron chi connectivity index (χ1n) is 8.60. The fourth-order valence-corrected chi connectivity index (χ4v) is 2.87. The Kier molecular flexibility index (Phi) is 7.18. The maximum absolute atomic E-state index is 13.6. The maximum atomic E-state index is 13.6. The van der Waals surface area contributed by atoms with E-state index in [9.17, 15) is 14.0 Å². The SMILES string of the molecule is Cc1ccc(NC(=O)CNCCC(=O)NC2CCCCC2)c(F)c1. The van der Waals surface area contributed by atoms with Crippen molar-refractivity contribution in [1.29, 1.82) is 0 Å². The first-order valence-corrected chi connectivity index (χ1v) is 8.60. The van der Waals surface area contributed by atoms with Crippen molar-refractivity contribution in [2.24, 2.45) is 0 Å². The Labute approximate surface area is 142 Å². The molecular weight excluding hydrogens is 309 g/mol. The van der Waals surface area contributed by atoms with E-state index in [1.54, 1.807) is 19.1 Å². The third-order valence-corrected chi connectivity index (χ3v) is 4.18. The molecule has 24 heavy (non-hydrogen) atoms. The molecule has 3 N–H and O–H groups in total. The van der Waals surface area contributed by atoms with Crippen molar-refractivity contribution in [2.75, 3.05) is 18.4 Å². The lowest BCUT2D eigenvalue weighted by Gasteiger charge is -2.22. The van der Waals surface area contributed by atoms with Crippen LogP contribution >= 0.6 is 0 Å². The van der Waals surface area contributed by atoms with Gasteiger partial charge in [0.25, 0.3) is 0 Å². The fourth-order valence-electron chi connectivity index (χ4n) is 2.87. The minimum atomic E-state index is -0.449. The Bertz CT molecular complexity index is 571. The van der Waals surface area contributed by atoms with Gasteiger partial charge >= 0.3 is 0 Å². The van der Waals surface area contributed by atoms with Crippen LogP contribution in [0.1, 0.15) is 44.1 Å². The Morgan fingerprint density at radius 3 is 2.62 bits per heavy atom. The molecule has 0 atom stereocenters. The van der Waals surface area contributed by atoms with Crippen LogP contribution in [0.4, 0.5) is 10.1 Å². The Morgan fingerprint density at radius 1 is 1.17 bits per heavy atom. The molecule has 0 unspecified atom stereocenters. The molecule has 1 aliphatic carbocycles. The Morgan fingerprint density at radius 2 is 1.92 bits per heavy atom. The van der Waals surface area contributed by atoms with Crippen LogP contribution in [-0.4, -0.2) is 30.9 Å². The highest BCUT2D eigenvalue weighted by atomic mass is 19.1. The first kappa shape index (κ1) is 18.4. The lowest BCUT2D eigenvalue weighted by atomic mass is 9.95. The van der Waals surface area contributed by atoms with Crippen molar-refractivity contribution >= 4 is 17.5 Å². The molecule has 0 spiro atoms. The molecule has 5 nitrogen and oxygen atoms in total. The van der Waals surface area contributed by atoms with Gasteiger partial charge in [0.2, 0.25) is 11.8 Å². The highest BCUT2D eigenvalue weighted by Crippen LogP contribution is 2.17. The average molecular weight is 335 g/mol. The number of anilines is 1. The minimum absolute atomic E-state index is 0.0133. The van der Waals surface area contributed by atoms with E-state index < -0.39 is 5.82 Å². The zero-order valence-corrected chi connectivity index (χ0v) is 14.2. The normalized spacial score (nSPS) is 15.1. The standard InChI is InChI=1S/C18H26FN3O2/c1-13-7-8-16(15(19)11-13)22-18(24)12-20-10-9-17(23)21-14-5-3-2-4-6-14/h7-8,11,14,20H,2-6,9-10,12H2,1H3,(H,21,23)(H,22,24). The van der Waals surface area contributed by atoms with Crippen molar-refractivity contribution in [1.82, 2.24) is 10.6 Å². The molecule has 1 aliphatic rings. The monoisotopic (exact) mass is 335 g/mol. The summed E-state index contributed by atoms with van der Waals surface area (Å²) in [5.74, 6) is -0.764. The van der Waals surface area contributed by atoms with E-state index in [0.29, 0.717) is 19.0 Å². The van der Waals surface area contributed by atoms with Gasteiger partial charge in [-0.25, -0.2) is 4.39 Å². The molecule has 132 valence electrons. The number of carbonyl (C=O) groups excluding carboxylic acids is 2. The van der Waals surface area contributed by atoms with Crippen molar-refractivity contribution in [3.8, 4) is 0 Å². The molecule has 1 aromatic rings. The lowest BCUT2D eigenvalue weighted by Crippen LogP contribution is -2.38. The lowest BCUT2D eigenvalue weighted by molar-refractivity contribution is -0.122. The average Bonchev–Trinajstić information content (AvgIpc) is 2.55. The second-order valence-corrected chi connectivity index (χ2v) is 6.36. The fraction of sp³-hybridized carbons (Fsp3) is 0.556. The van der Waals surface area contributed by atoms with Gasteiger partial charge in [0.1, 0.15) is 5.82 Å². The zero-order valence-electron chi connectivity index (χ0n) is 14.2. The molecule has 0 saturated heterocycles. The van der Waals surface area contributed by atoms with Crippen molar-refractivity contribution in [3.63, 3.8) is 0 Å². The maximum Gasteiger partial charge on any atom is 0.238 e. The van der Waals surface area contributed by atoms with E-state index in [4.69, 9.17) is 0 Å². The summed E-state index contributed by atoms with van der Waals surface area (Å²) in [4.78, 5) is 23.6. The van der Waals surface area contributed by atoms with E-state index in [1.165, 1.54) is 25.3 Å². The summed E-state index contributed by atoms with van der Waals surface area (Å²) in [7, 11) is 0. The van der Waals surface area contributed by atoms with Crippen LogP contribution in [0.5, 0.6) is 0 Å². The molecule has 6 heteroatoms. The molecule has 1 saturated carbocycles. The largest absolute Gasteiger partial charge is 0.353 e. The van der Waals surface area contributed by atoms with Crippen molar-refractivity contribution in [2.45, 2.75) is 51.5 Å². The minimum Gasteiger partial charge on any atom is -0.353 e. The number of hydrogen-bond acceptors (Lipinski definition) is 3. The number of halogens is 1. The number of carbonyl (C=O) groups is 2. The summed E-state index contributed by atoms with van der Waals surface area (Å²) in [6.45, 7) is 2.25. The number of benzene rings is 1. The highest BCUT2D eigenvalue weighted by molar-refractivity contribution is 5.92. The molecule has 1 aromatic carbocycles. The third kappa shape index (κ3) is 6.28. The van der Waals surface area contributed by atoms with Crippen molar-refractivity contribution < 1.29 is 14.0 Å². The van der Waals surface area contributed by atoms with Crippen molar-refractivity contribution in [3.05, 3.63) is 29.6 Å². The Hall–Kier alpha value is -1.95. The Balaban J connectivity index is 1.61. The van der Waals surface area contributed by atoms with Crippen LogP contribution in [0.15, 0.2) is 18.2 Å². The number of nitrogens with one attached hydrogen (secondary N) is 3. The second-order valence-electron chi connectivity index (χ2n) is 6.36. The predicted octanol–water partition coefficient (Wildman–Crippen LogP) is 2.50. The quantitative estimate of drug-likeness (QED) is 0.671.